The van der Waals surface area contributed by atoms with E-state index in [1.807, 2.05) is 12.3 Å². The largest absolute Gasteiger partial charge is 0.257 e. The lowest BCUT2D eigenvalue weighted by atomic mass is 9.78. The van der Waals surface area contributed by atoms with Crippen LogP contribution in [0.3, 0.4) is 0 Å². The van der Waals surface area contributed by atoms with E-state index in [0.717, 1.165) is 17.5 Å². The lowest BCUT2D eigenvalue weighted by Gasteiger charge is -2.27. The maximum Gasteiger partial charge on any atom is 0.0626 e. The average Bonchev–Trinajstić information content (AvgIpc) is 3.23. The average molecular weight is 239 g/mol. The zero-order valence-corrected chi connectivity index (χ0v) is 10.9. The van der Waals surface area contributed by atoms with Crippen LogP contribution in [0.2, 0.25) is 0 Å². The summed E-state index contributed by atoms with van der Waals surface area (Å²) in [5, 5.41) is 0. The zero-order chi connectivity index (χ0) is 12.2. The second kappa shape index (κ2) is 5.51. The van der Waals surface area contributed by atoms with E-state index in [-0.39, 0.29) is 0 Å². The molecule has 1 heteroatoms. The Hall–Kier alpha value is -1.37. The van der Waals surface area contributed by atoms with Gasteiger partial charge in [-0.1, -0.05) is 36.6 Å². The maximum atomic E-state index is 4.36. The highest BCUT2D eigenvalue weighted by atomic mass is 14.6. The fourth-order valence-electron chi connectivity index (χ4n) is 2.87. The minimum Gasteiger partial charge on any atom is -0.257 e. The fourth-order valence-corrected chi connectivity index (χ4v) is 2.87. The van der Waals surface area contributed by atoms with Gasteiger partial charge in [0, 0.05) is 6.20 Å². The lowest BCUT2D eigenvalue weighted by molar-refractivity contribution is 0.338. The van der Waals surface area contributed by atoms with Crippen LogP contribution in [-0.2, 0) is 0 Å². The summed E-state index contributed by atoms with van der Waals surface area (Å²) in [6, 6.07) is 6.10. The summed E-state index contributed by atoms with van der Waals surface area (Å²) in [5.41, 5.74) is 2.78. The van der Waals surface area contributed by atoms with Crippen molar-refractivity contribution in [2.75, 3.05) is 0 Å². The molecule has 18 heavy (non-hydrogen) atoms. The second-order valence-electron chi connectivity index (χ2n) is 5.55. The van der Waals surface area contributed by atoms with E-state index in [1.54, 1.807) is 5.57 Å². The third kappa shape index (κ3) is 3.10. The molecule has 0 unspecified atom stereocenters. The van der Waals surface area contributed by atoms with Gasteiger partial charge in [-0.25, -0.2) is 0 Å². The molecule has 0 saturated heterocycles. The summed E-state index contributed by atoms with van der Waals surface area (Å²) in [7, 11) is 0. The summed E-state index contributed by atoms with van der Waals surface area (Å²) < 4.78 is 0. The summed E-state index contributed by atoms with van der Waals surface area (Å²) in [5.74, 6) is 1.52. The molecule has 0 N–H and O–H groups in total. The molecule has 0 bridgehead atoms. The molecule has 1 aromatic heterocycles. The van der Waals surface area contributed by atoms with Crippen LogP contribution in [0.1, 0.15) is 44.2 Å². The van der Waals surface area contributed by atoms with Crippen molar-refractivity contribution >= 4 is 6.08 Å². The number of aromatic nitrogens is 1. The van der Waals surface area contributed by atoms with E-state index in [9.17, 15) is 0 Å². The monoisotopic (exact) mass is 239 g/mol. The molecule has 1 aromatic rings. The molecule has 0 amide bonds. The smallest absolute Gasteiger partial charge is 0.0626 e. The lowest BCUT2D eigenvalue weighted by Crippen LogP contribution is -2.15. The van der Waals surface area contributed by atoms with Crippen molar-refractivity contribution in [1.29, 1.82) is 0 Å². The van der Waals surface area contributed by atoms with Gasteiger partial charge in [0.2, 0.25) is 0 Å². The Labute approximate surface area is 110 Å². The summed E-state index contributed by atoms with van der Waals surface area (Å²) in [6.45, 7) is 0. The van der Waals surface area contributed by atoms with Crippen LogP contribution in [0.5, 0.6) is 0 Å². The van der Waals surface area contributed by atoms with Crippen LogP contribution in [0, 0.1) is 11.8 Å². The normalized spacial score (nSPS) is 27.4. The quantitative estimate of drug-likeness (QED) is 0.701. The SMILES string of the molecule is C(=C1CC1)[C@@H]1CCCC[C@@H]1/C=C/c1ccccn1. The van der Waals surface area contributed by atoms with E-state index in [0.29, 0.717) is 0 Å². The van der Waals surface area contributed by atoms with E-state index < -0.39 is 0 Å². The van der Waals surface area contributed by atoms with Crippen molar-refractivity contribution < 1.29 is 0 Å². The van der Waals surface area contributed by atoms with Gasteiger partial charge in [-0.2, -0.15) is 0 Å². The van der Waals surface area contributed by atoms with Gasteiger partial charge in [0.05, 0.1) is 5.69 Å². The van der Waals surface area contributed by atoms with Gasteiger partial charge in [-0.3, -0.25) is 4.98 Å². The molecule has 2 aliphatic rings. The van der Waals surface area contributed by atoms with Gasteiger partial charge in [0.1, 0.15) is 0 Å². The number of rotatable bonds is 3. The van der Waals surface area contributed by atoms with Crippen molar-refractivity contribution in [3.63, 3.8) is 0 Å². The Morgan fingerprint density at radius 2 is 1.89 bits per heavy atom. The predicted octanol–water partition coefficient (Wildman–Crippen LogP) is 4.62. The topological polar surface area (TPSA) is 12.9 Å². The van der Waals surface area contributed by atoms with E-state index >= 15 is 0 Å². The highest BCUT2D eigenvalue weighted by Crippen LogP contribution is 2.37. The number of hydrogen-bond acceptors (Lipinski definition) is 1. The van der Waals surface area contributed by atoms with Crippen molar-refractivity contribution in [2.24, 2.45) is 11.8 Å². The Balaban J connectivity index is 1.69. The Bertz CT molecular complexity index is 438. The van der Waals surface area contributed by atoms with Crippen molar-refractivity contribution in [2.45, 2.75) is 38.5 Å². The minimum atomic E-state index is 0.730. The van der Waals surface area contributed by atoms with Crippen LogP contribution in [0.25, 0.3) is 6.08 Å². The van der Waals surface area contributed by atoms with Crippen LogP contribution < -0.4 is 0 Å². The molecular weight excluding hydrogens is 218 g/mol. The summed E-state index contributed by atoms with van der Waals surface area (Å²) >= 11 is 0. The first-order chi connectivity index (χ1) is 8.92. The molecule has 1 nitrogen and oxygen atoms in total. The number of hydrogen-bond donors (Lipinski definition) is 0. The van der Waals surface area contributed by atoms with Gasteiger partial charge in [0.15, 0.2) is 0 Å². The molecule has 2 fully saturated rings. The van der Waals surface area contributed by atoms with Crippen molar-refractivity contribution in [1.82, 2.24) is 4.98 Å². The molecule has 0 radical (unpaired) electrons. The van der Waals surface area contributed by atoms with Gasteiger partial charge >= 0.3 is 0 Å². The molecule has 94 valence electrons. The number of pyridine rings is 1. The third-order valence-electron chi connectivity index (χ3n) is 4.07. The first kappa shape index (κ1) is 11.7. The molecule has 3 rings (SSSR count). The molecule has 2 saturated carbocycles. The molecule has 1 heterocycles. The molecule has 0 aliphatic heterocycles. The second-order valence-corrected chi connectivity index (χ2v) is 5.55. The molecule has 0 aromatic carbocycles. The highest BCUT2D eigenvalue weighted by molar-refractivity contribution is 5.44. The van der Waals surface area contributed by atoms with E-state index in [2.05, 4.69) is 35.3 Å². The van der Waals surface area contributed by atoms with Gasteiger partial charge in [-0.15, -0.1) is 0 Å². The van der Waals surface area contributed by atoms with Gasteiger partial charge in [0.25, 0.3) is 0 Å². The first-order valence-electron chi connectivity index (χ1n) is 7.20. The van der Waals surface area contributed by atoms with Gasteiger partial charge < -0.3 is 0 Å². The zero-order valence-electron chi connectivity index (χ0n) is 10.9. The maximum absolute atomic E-state index is 4.36. The summed E-state index contributed by atoms with van der Waals surface area (Å²) in [4.78, 5) is 4.36. The Morgan fingerprint density at radius 1 is 1.06 bits per heavy atom. The predicted molar refractivity (Wildman–Crippen MR) is 76.0 cm³/mol. The standard InChI is InChI=1S/C17H21N/c1-2-6-16(13-14-8-9-14)15(5-1)10-11-17-7-3-4-12-18-17/h3-4,7,10-13,15-16H,1-2,5-6,8-9H2/b11-10+/t15-,16+/m1/s1. The highest BCUT2D eigenvalue weighted by Gasteiger charge is 2.23. The first-order valence-corrected chi connectivity index (χ1v) is 7.20. The minimum absolute atomic E-state index is 0.730. The Morgan fingerprint density at radius 3 is 2.61 bits per heavy atom. The van der Waals surface area contributed by atoms with Crippen LogP contribution in [-0.4, -0.2) is 4.98 Å². The van der Waals surface area contributed by atoms with Crippen LogP contribution >= 0.6 is 0 Å². The van der Waals surface area contributed by atoms with E-state index in [4.69, 9.17) is 0 Å². The summed E-state index contributed by atoms with van der Waals surface area (Å²) in [6.07, 6.45) is 17.2. The van der Waals surface area contributed by atoms with Gasteiger partial charge in [-0.05, 0) is 55.7 Å². The Kier molecular flexibility index (Phi) is 3.59. The van der Waals surface area contributed by atoms with Crippen LogP contribution in [0.15, 0.2) is 42.1 Å². The molecule has 2 aliphatic carbocycles. The molecular formula is C17H21N. The number of allylic oxidation sites excluding steroid dienone is 3. The van der Waals surface area contributed by atoms with Crippen molar-refractivity contribution in [3.05, 3.63) is 47.8 Å². The number of nitrogens with zero attached hydrogens (tertiary/aromatic N) is 1. The fraction of sp³-hybridized carbons (Fsp3) is 0.471. The molecule has 2 atom stereocenters. The molecule has 0 spiro atoms. The van der Waals surface area contributed by atoms with Crippen molar-refractivity contribution in [3.8, 4) is 0 Å². The third-order valence-corrected chi connectivity index (χ3v) is 4.07. The van der Waals surface area contributed by atoms with Crippen LogP contribution in [0.4, 0.5) is 0 Å². The van der Waals surface area contributed by atoms with E-state index in [1.165, 1.54) is 38.5 Å².